The minimum absolute atomic E-state index is 0.0643. The van der Waals surface area contributed by atoms with E-state index in [2.05, 4.69) is 21.1 Å². The van der Waals surface area contributed by atoms with E-state index in [1.165, 1.54) is 12.3 Å². The SMILES string of the molecule is CCOc1ccc(Br)c2c1-c1cc(=O)c(C(=O)N=O)cn1C(CC)C2. The van der Waals surface area contributed by atoms with E-state index < -0.39 is 11.3 Å². The summed E-state index contributed by atoms with van der Waals surface area (Å²) in [5.41, 5.74) is 1.89. The molecule has 0 spiro atoms. The zero-order chi connectivity index (χ0) is 18.1. The molecular formula is C18H17BrN2O4. The quantitative estimate of drug-likeness (QED) is 0.718. The highest BCUT2D eigenvalue weighted by Gasteiger charge is 2.29. The second-order valence-electron chi connectivity index (χ2n) is 5.84. The second kappa shape index (κ2) is 6.92. The van der Waals surface area contributed by atoms with Gasteiger partial charge in [0.15, 0.2) is 5.43 Å². The number of nitrogens with zero attached hydrogens (tertiary/aromatic N) is 2. The molecule has 1 atom stereocenters. The van der Waals surface area contributed by atoms with Gasteiger partial charge in [-0.05, 0) is 37.5 Å². The average molecular weight is 405 g/mol. The second-order valence-corrected chi connectivity index (χ2v) is 6.69. The normalized spacial score (nSPS) is 15.2. The molecule has 2 aromatic rings. The molecular weight excluding hydrogens is 388 g/mol. The molecule has 1 amide bonds. The van der Waals surface area contributed by atoms with Gasteiger partial charge in [0, 0.05) is 33.5 Å². The fourth-order valence-corrected chi connectivity index (χ4v) is 3.79. The molecule has 1 aromatic heterocycles. The number of nitroso groups, excluding NO2 is 1. The van der Waals surface area contributed by atoms with E-state index in [1.54, 1.807) is 0 Å². The van der Waals surface area contributed by atoms with Gasteiger partial charge in [0.05, 0.1) is 12.3 Å². The zero-order valence-electron chi connectivity index (χ0n) is 13.9. The topological polar surface area (TPSA) is 77.7 Å². The van der Waals surface area contributed by atoms with Gasteiger partial charge in [-0.2, -0.15) is 0 Å². The van der Waals surface area contributed by atoms with E-state index in [0.717, 1.165) is 28.4 Å². The fraction of sp³-hybridized carbons (Fsp3) is 0.333. The van der Waals surface area contributed by atoms with Gasteiger partial charge in [0.1, 0.15) is 11.3 Å². The molecule has 0 aliphatic carbocycles. The summed E-state index contributed by atoms with van der Waals surface area (Å²) in [6, 6.07) is 5.26. The molecule has 0 saturated carbocycles. The van der Waals surface area contributed by atoms with Crippen LogP contribution in [0.3, 0.4) is 0 Å². The highest BCUT2D eigenvalue weighted by Crippen LogP contribution is 2.44. The summed E-state index contributed by atoms with van der Waals surface area (Å²) in [5.74, 6) is -0.351. The van der Waals surface area contributed by atoms with Gasteiger partial charge in [0.2, 0.25) is 0 Å². The summed E-state index contributed by atoms with van der Waals surface area (Å²) < 4.78 is 8.59. The Bertz CT molecular complexity index is 920. The van der Waals surface area contributed by atoms with Crippen LogP contribution in [0.4, 0.5) is 0 Å². The van der Waals surface area contributed by atoms with Crippen molar-refractivity contribution in [1.29, 1.82) is 0 Å². The Hall–Kier alpha value is -2.28. The first-order valence-electron chi connectivity index (χ1n) is 8.10. The van der Waals surface area contributed by atoms with Gasteiger partial charge >= 0.3 is 5.91 Å². The van der Waals surface area contributed by atoms with Crippen LogP contribution in [-0.4, -0.2) is 17.1 Å². The van der Waals surface area contributed by atoms with Crippen molar-refractivity contribution < 1.29 is 9.53 Å². The van der Waals surface area contributed by atoms with Gasteiger partial charge in [-0.3, -0.25) is 9.59 Å². The lowest BCUT2D eigenvalue weighted by molar-refractivity contribution is 0.0999. The van der Waals surface area contributed by atoms with Crippen LogP contribution in [0.15, 0.2) is 38.8 Å². The van der Waals surface area contributed by atoms with E-state index in [4.69, 9.17) is 4.74 Å². The van der Waals surface area contributed by atoms with Crippen molar-refractivity contribution in [3.63, 3.8) is 0 Å². The van der Waals surface area contributed by atoms with E-state index in [0.29, 0.717) is 18.1 Å². The van der Waals surface area contributed by atoms with Crippen molar-refractivity contribution in [3.05, 3.63) is 55.1 Å². The molecule has 0 fully saturated rings. The lowest BCUT2D eigenvalue weighted by atomic mass is 9.90. The van der Waals surface area contributed by atoms with Gasteiger partial charge in [-0.25, -0.2) is 0 Å². The van der Waals surface area contributed by atoms with Crippen molar-refractivity contribution in [2.75, 3.05) is 6.61 Å². The highest BCUT2D eigenvalue weighted by molar-refractivity contribution is 9.10. The molecule has 7 heteroatoms. The maximum Gasteiger partial charge on any atom is 0.322 e. The number of aromatic nitrogens is 1. The first-order chi connectivity index (χ1) is 12.0. The summed E-state index contributed by atoms with van der Waals surface area (Å²) in [7, 11) is 0. The van der Waals surface area contributed by atoms with Crippen LogP contribution in [0, 0.1) is 4.91 Å². The van der Waals surface area contributed by atoms with Crippen molar-refractivity contribution in [1.82, 2.24) is 4.57 Å². The summed E-state index contributed by atoms with van der Waals surface area (Å²) in [6.07, 6.45) is 2.99. The fourth-order valence-electron chi connectivity index (χ4n) is 3.29. The Morgan fingerprint density at radius 1 is 1.40 bits per heavy atom. The van der Waals surface area contributed by atoms with Gasteiger partial charge < -0.3 is 9.30 Å². The molecule has 1 aromatic carbocycles. The van der Waals surface area contributed by atoms with Gasteiger partial charge in [-0.1, -0.05) is 22.9 Å². The first kappa shape index (κ1) is 17.5. The third kappa shape index (κ3) is 2.93. The Labute approximate surface area is 152 Å². The molecule has 6 nitrogen and oxygen atoms in total. The van der Waals surface area contributed by atoms with Crippen LogP contribution in [0.1, 0.15) is 42.2 Å². The lowest BCUT2D eigenvalue weighted by Crippen LogP contribution is -2.25. The largest absolute Gasteiger partial charge is 0.493 e. The standard InChI is InChI=1S/C18H17BrN2O4/c1-3-10-7-11-13(19)5-6-16(25-4-2)17(11)14-8-15(22)12(9-21(10)14)18(23)20-24/h5-6,8-10H,3-4,7H2,1-2H3. The first-order valence-corrected chi connectivity index (χ1v) is 8.89. The van der Waals surface area contributed by atoms with Gasteiger partial charge in [0.25, 0.3) is 0 Å². The van der Waals surface area contributed by atoms with E-state index >= 15 is 0 Å². The van der Waals surface area contributed by atoms with Crippen LogP contribution < -0.4 is 10.2 Å². The molecule has 0 bridgehead atoms. The Morgan fingerprint density at radius 3 is 2.80 bits per heavy atom. The molecule has 1 aliphatic heterocycles. The minimum atomic E-state index is -1.04. The van der Waals surface area contributed by atoms with Crippen molar-refractivity contribution in [3.8, 4) is 17.0 Å². The van der Waals surface area contributed by atoms with E-state index in [-0.39, 0.29) is 11.6 Å². The smallest absolute Gasteiger partial charge is 0.322 e. The van der Waals surface area contributed by atoms with Crippen LogP contribution in [0.25, 0.3) is 11.3 Å². The van der Waals surface area contributed by atoms with Crippen LogP contribution in [0.2, 0.25) is 0 Å². The number of halogens is 1. The number of fused-ring (bicyclic) bond motifs is 3. The lowest BCUT2D eigenvalue weighted by Gasteiger charge is -2.32. The van der Waals surface area contributed by atoms with Crippen molar-refractivity contribution in [2.45, 2.75) is 32.7 Å². The number of amides is 1. The average Bonchev–Trinajstić information content (AvgIpc) is 2.62. The Balaban J connectivity index is 2.33. The van der Waals surface area contributed by atoms with E-state index in [9.17, 15) is 14.5 Å². The van der Waals surface area contributed by atoms with Crippen molar-refractivity contribution in [2.24, 2.45) is 5.18 Å². The summed E-state index contributed by atoms with van der Waals surface area (Å²) in [6.45, 7) is 4.44. The molecule has 0 N–H and O–H groups in total. The number of benzene rings is 1. The number of rotatable bonds is 4. The molecule has 3 rings (SSSR count). The number of ether oxygens (including phenoxy) is 1. The van der Waals surface area contributed by atoms with Crippen LogP contribution in [-0.2, 0) is 6.42 Å². The Kier molecular flexibility index (Phi) is 4.85. The molecule has 25 heavy (non-hydrogen) atoms. The summed E-state index contributed by atoms with van der Waals surface area (Å²) in [4.78, 5) is 34.6. The zero-order valence-corrected chi connectivity index (χ0v) is 15.5. The number of hydrogen-bond acceptors (Lipinski definition) is 4. The highest BCUT2D eigenvalue weighted by atomic mass is 79.9. The molecule has 0 saturated heterocycles. The number of carbonyl (C=O) groups is 1. The molecule has 1 aliphatic rings. The van der Waals surface area contributed by atoms with Gasteiger partial charge in [-0.15, -0.1) is 4.91 Å². The number of hydrogen-bond donors (Lipinski definition) is 0. The van der Waals surface area contributed by atoms with E-state index in [1.807, 2.05) is 30.5 Å². The summed E-state index contributed by atoms with van der Waals surface area (Å²) in [5, 5.41) is 2.39. The predicted octanol–water partition coefficient (Wildman–Crippen LogP) is 4.09. The molecule has 1 unspecified atom stereocenters. The third-order valence-corrected chi connectivity index (χ3v) is 5.21. The monoisotopic (exact) mass is 404 g/mol. The predicted molar refractivity (Wildman–Crippen MR) is 98.2 cm³/mol. The molecule has 2 heterocycles. The molecule has 0 radical (unpaired) electrons. The van der Waals surface area contributed by atoms with Crippen LogP contribution >= 0.6 is 15.9 Å². The number of pyridine rings is 1. The third-order valence-electron chi connectivity index (χ3n) is 4.47. The maximum atomic E-state index is 12.4. The Morgan fingerprint density at radius 2 is 2.16 bits per heavy atom. The molecule has 130 valence electrons. The van der Waals surface area contributed by atoms with Crippen molar-refractivity contribution >= 4 is 21.8 Å². The number of carbonyl (C=O) groups excluding carboxylic acids is 1. The minimum Gasteiger partial charge on any atom is -0.493 e. The summed E-state index contributed by atoms with van der Waals surface area (Å²) >= 11 is 3.59. The maximum absolute atomic E-state index is 12.4. The van der Waals surface area contributed by atoms with Crippen LogP contribution in [0.5, 0.6) is 5.75 Å².